The summed E-state index contributed by atoms with van der Waals surface area (Å²) in [5.74, 6) is 0.294. The summed E-state index contributed by atoms with van der Waals surface area (Å²) in [5, 5.41) is 24.3. The number of rotatable bonds is 5. The number of hydrogen-bond acceptors (Lipinski definition) is 3. The maximum Gasteiger partial charge on any atom is 0.0827 e. The van der Waals surface area contributed by atoms with Crippen molar-refractivity contribution in [2.24, 2.45) is 13.0 Å². The maximum absolute atomic E-state index is 10.2. The molecule has 1 heterocycles. The van der Waals surface area contributed by atoms with Gasteiger partial charge >= 0.3 is 0 Å². The minimum Gasteiger partial charge on any atom is -0.390 e. The Morgan fingerprint density at radius 3 is 2.67 bits per heavy atom. The first-order valence-electron chi connectivity index (χ1n) is 7.00. The predicted octanol–water partition coefficient (Wildman–Crippen LogP) is 1.65. The standard InChI is InChI=1S/C14H24N2O2/c1-16-10-11(9-15-16)7-8-13(17)14(18)12-5-3-2-4-6-12/h9-10,12-14,17-18H,2-8H2,1H3. The summed E-state index contributed by atoms with van der Waals surface area (Å²) < 4.78 is 1.76. The van der Waals surface area contributed by atoms with Crippen LogP contribution in [0.1, 0.15) is 44.1 Å². The second-order valence-electron chi connectivity index (χ2n) is 5.52. The summed E-state index contributed by atoms with van der Waals surface area (Å²) in [5.41, 5.74) is 1.12. The molecule has 0 spiro atoms. The molecule has 0 aromatic carbocycles. The lowest BCUT2D eigenvalue weighted by atomic mass is 9.82. The molecule has 0 aliphatic heterocycles. The van der Waals surface area contributed by atoms with Crippen molar-refractivity contribution in [2.75, 3.05) is 0 Å². The number of aryl methyl sites for hydroxylation is 2. The molecular formula is C14H24N2O2. The summed E-state index contributed by atoms with van der Waals surface area (Å²) in [7, 11) is 1.89. The lowest BCUT2D eigenvalue weighted by Crippen LogP contribution is -2.34. The van der Waals surface area contributed by atoms with Gasteiger partial charge in [0.1, 0.15) is 0 Å². The minimum absolute atomic E-state index is 0.294. The van der Waals surface area contributed by atoms with Crippen molar-refractivity contribution in [3.8, 4) is 0 Å². The Hall–Kier alpha value is -0.870. The van der Waals surface area contributed by atoms with Crippen molar-refractivity contribution in [2.45, 2.75) is 57.2 Å². The van der Waals surface area contributed by atoms with Gasteiger partial charge in [-0.15, -0.1) is 0 Å². The second-order valence-corrected chi connectivity index (χ2v) is 5.52. The van der Waals surface area contributed by atoms with Crippen LogP contribution in [0.15, 0.2) is 12.4 Å². The molecule has 18 heavy (non-hydrogen) atoms. The minimum atomic E-state index is -0.603. The zero-order chi connectivity index (χ0) is 13.0. The van der Waals surface area contributed by atoms with Crippen molar-refractivity contribution in [1.82, 2.24) is 9.78 Å². The van der Waals surface area contributed by atoms with Gasteiger partial charge in [0.15, 0.2) is 0 Å². The van der Waals surface area contributed by atoms with Crippen molar-refractivity contribution in [3.63, 3.8) is 0 Å². The fourth-order valence-corrected chi connectivity index (χ4v) is 2.88. The predicted molar refractivity (Wildman–Crippen MR) is 70.1 cm³/mol. The van der Waals surface area contributed by atoms with Crippen LogP contribution in [-0.2, 0) is 13.5 Å². The van der Waals surface area contributed by atoms with Crippen LogP contribution in [0.25, 0.3) is 0 Å². The average molecular weight is 252 g/mol. The Labute approximate surface area is 109 Å². The third kappa shape index (κ3) is 3.56. The third-order valence-electron chi connectivity index (χ3n) is 4.01. The molecule has 1 aromatic heterocycles. The molecule has 2 N–H and O–H groups in total. The normalized spacial score (nSPS) is 20.8. The highest BCUT2D eigenvalue weighted by atomic mass is 16.3. The number of aliphatic hydroxyl groups excluding tert-OH is 2. The highest BCUT2D eigenvalue weighted by Gasteiger charge is 2.27. The number of hydrogen-bond donors (Lipinski definition) is 2. The van der Waals surface area contributed by atoms with Gasteiger partial charge in [-0.2, -0.15) is 5.10 Å². The Balaban J connectivity index is 1.77. The highest BCUT2D eigenvalue weighted by Crippen LogP contribution is 2.28. The van der Waals surface area contributed by atoms with Crippen LogP contribution < -0.4 is 0 Å². The lowest BCUT2D eigenvalue weighted by Gasteiger charge is -2.29. The first-order chi connectivity index (χ1) is 8.66. The van der Waals surface area contributed by atoms with E-state index < -0.39 is 12.2 Å². The van der Waals surface area contributed by atoms with Gasteiger partial charge in [-0.05, 0) is 37.2 Å². The summed E-state index contributed by atoms with van der Waals surface area (Å²) in [6.07, 6.45) is 9.79. The van der Waals surface area contributed by atoms with E-state index in [0.717, 1.165) is 24.8 Å². The first-order valence-corrected chi connectivity index (χ1v) is 7.00. The average Bonchev–Trinajstić information content (AvgIpc) is 2.82. The molecule has 2 atom stereocenters. The zero-order valence-corrected chi connectivity index (χ0v) is 11.1. The van der Waals surface area contributed by atoms with Crippen LogP contribution in [0.3, 0.4) is 0 Å². The molecule has 2 unspecified atom stereocenters. The number of aliphatic hydroxyl groups is 2. The van der Waals surface area contributed by atoms with Crippen LogP contribution in [0, 0.1) is 5.92 Å². The largest absolute Gasteiger partial charge is 0.390 e. The van der Waals surface area contributed by atoms with Crippen molar-refractivity contribution in [1.29, 1.82) is 0 Å². The molecule has 1 aliphatic rings. The van der Waals surface area contributed by atoms with Gasteiger partial charge in [0.25, 0.3) is 0 Å². The molecule has 4 nitrogen and oxygen atoms in total. The molecule has 1 fully saturated rings. The quantitative estimate of drug-likeness (QED) is 0.838. The zero-order valence-electron chi connectivity index (χ0n) is 11.1. The van der Waals surface area contributed by atoms with Crippen LogP contribution >= 0.6 is 0 Å². The molecule has 2 rings (SSSR count). The van der Waals surface area contributed by atoms with E-state index in [0.29, 0.717) is 12.3 Å². The summed E-state index contributed by atoms with van der Waals surface area (Å²) >= 11 is 0. The monoisotopic (exact) mass is 252 g/mol. The van der Waals surface area contributed by atoms with Crippen LogP contribution in [0.5, 0.6) is 0 Å². The second kappa shape index (κ2) is 6.34. The fourth-order valence-electron chi connectivity index (χ4n) is 2.88. The van der Waals surface area contributed by atoms with Gasteiger partial charge in [0.05, 0.1) is 18.4 Å². The van der Waals surface area contributed by atoms with E-state index in [2.05, 4.69) is 5.10 Å². The highest BCUT2D eigenvalue weighted by molar-refractivity contribution is 5.04. The Bertz CT molecular complexity index is 358. The van der Waals surface area contributed by atoms with Crippen molar-refractivity contribution >= 4 is 0 Å². The molecule has 1 saturated carbocycles. The fraction of sp³-hybridized carbons (Fsp3) is 0.786. The molecule has 0 bridgehead atoms. The van der Waals surface area contributed by atoms with E-state index in [4.69, 9.17) is 0 Å². The Kier molecular flexibility index (Phi) is 4.78. The van der Waals surface area contributed by atoms with E-state index >= 15 is 0 Å². The molecular weight excluding hydrogens is 228 g/mol. The van der Waals surface area contributed by atoms with Crippen molar-refractivity contribution < 1.29 is 10.2 Å². The van der Waals surface area contributed by atoms with Crippen molar-refractivity contribution in [3.05, 3.63) is 18.0 Å². The molecule has 0 radical (unpaired) electrons. The number of aromatic nitrogens is 2. The molecule has 4 heteroatoms. The smallest absolute Gasteiger partial charge is 0.0827 e. The van der Waals surface area contributed by atoms with E-state index in [1.807, 2.05) is 19.4 Å². The van der Waals surface area contributed by atoms with Crippen LogP contribution in [0.4, 0.5) is 0 Å². The van der Waals surface area contributed by atoms with E-state index in [9.17, 15) is 10.2 Å². The Morgan fingerprint density at radius 1 is 1.33 bits per heavy atom. The molecule has 0 saturated heterocycles. The first kappa shape index (κ1) is 13.6. The van der Waals surface area contributed by atoms with E-state index in [1.165, 1.54) is 19.3 Å². The van der Waals surface area contributed by atoms with Gasteiger partial charge in [0.2, 0.25) is 0 Å². The summed E-state index contributed by atoms with van der Waals surface area (Å²) in [6, 6.07) is 0. The molecule has 0 amide bonds. The van der Waals surface area contributed by atoms with Crippen LogP contribution in [0.2, 0.25) is 0 Å². The summed E-state index contributed by atoms with van der Waals surface area (Å²) in [6.45, 7) is 0. The van der Waals surface area contributed by atoms with Crippen LogP contribution in [-0.4, -0.2) is 32.2 Å². The molecule has 102 valence electrons. The lowest BCUT2D eigenvalue weighted by molar-refractivity contribution is -0.0302. The topological polar surface area (TPSA) is 58.3 Å². The third-order valence-corrected chi connectivity index (χ3v) is 4.01. The van der Waals surface area contributed by atoms with Gasteiger partial charge in [-0.3, -0.25) is 4.68 Å². The van der Waals surface area contributed by atoms with Gasteiger partial charge in [-0.25, -0.2) is 0 Å². The molecule has 1 aromatic rings. The van der Waals surface area contributed by atoms with E-state index in [1.54, 1.807) is 4.68 Å². The molecule has 1 aliphatic carbocycles. The number of nitrogens with zero attached hydrogens (tertiary/aromatic N) is 2. The van der Waals surface area contributed by atoms with Gasteiger partial charge < -0.3 is 10.2 Å². The Morgan fingerprint density at radius 2 is 2.06 bits per heavy atom. The van der Waals surface area contributed by atoms with E-state index in [-0.39, 0.29) is 0 Å². The SMILES string of the molecule is Cn1cc(CCC(O)C(O)C2CCCCC2)cn1. The van der Waals surface area contributed by atoms with Gasteiger partial charge in [-0.1, -0.05) is 19.3 Å². The van der Waals surface area contributed by atoms with Gasteiger partial charge in [0, 0.05) is 13.2 Å². The summed E-state index contributed by atoms with van der Waals surface area (Å²) in [4.78, 5) is 0. The maximum atomic E-state index is 10.2.